The van der Waals surface area contributed by atoms with Crippen molar-refractivity contribution in [2.45, 2.75) is 6.92 Å². The van der Waals surface area contributed by atoms with Crippen LogP contribution in [0.2, 0.25) is 0 Å². The van der Waals surface area contributed by atoms with Gasteiger partial charge in [0.1, 0.15) is 0 Å². The average Bonchev–Trinajstić information content (AvgIpc) is 2.82. The number of benzene rings is 2. The molecule has 4 rings (SSSR count). The van der Waals surface area contributed by atoms with Gasteiger partial charge in [-0.15, -0.1) is 0 Å². The maximum absolute atomic E-state index is 3.40. The lowest BCUT2D eigenvalue weighted by atomic mass is 10.00. The second-order valence-electron chi connectivity index (χ2n) is 5.48. The Hall–Kier alpha value is -2.67. The molecule has 1 heterocycles. The highest BCUT2D eigenvalue weighted by Gasteiger charge is 2.28. The van der Waals surface area contributed by atoms with Crippen molar-refractivity contribution in [3.63, 3.8) is 0 Å². The summed E-state index contributed by atoms with van der Waals surface area (Å²) in [7, 11) is 0. The summed E-state index contributed by atoms with van der Waals surface area (Å²) < 4.78 is 0. The van der Waals surface area contributed by atoms with Crippen molar-refractivity contribution in [3.05, 3.63) is 89.1 Å². The Labute approximate surface area is 124 Å². The van der Waals surface area contributed by atoms with E-state index in [0.717, 1.165) is 0 Å². The summed E-state index contributed by atoms with van der Waals surface area (Å²) in [5, 5.41) is 0. The molecular weight excluding hydrogens is 254 g/mol. The van der Waals surface area contributed by atoms with Gasteiger partial charge in [0.25, 0.3) is 0 Å². The van der Waals surface area contributed by atoms with Crippen molar-refractivity contribution in [2.24, 2.45) is 0 Å². The van der Waals surface area contributed by atoms with E-state index in [2.05, 4.69) is 78.6 Å². The number of fused-ring (bicyclic) bond motifs is 3. The van der Waals surface area contributed by atoms with Gasteiger partial charge in [-0.2, -0.15) is 0 Å². The Morgan fingerprint density at radius 2 is 1.67 bits per heavy atom. The summed E-state index contributed by atoms with van der Waals surface area (Å²) in [4.78, 5) is 3.40. The first-order valence-electron chi connectivity index (χ1n) is 7.22. The van der Waals surface area contributed by atoms with Crippen LogP contribution in [-0.2, 0) is 0 Å². The summed E-state index contributed by atoms with van der Waals surface area (Å²) in [6, 6.07) is 21.4. The van der Waals surface area contributed by atoms with Gasteiger partial charge in [-0.3, -0.25) is 0 Å². The van der Waals surface area contributed by atoms with Crippen molar-refractivity contribution in [2.75, 3.05) is 0 Å². The average molecular weight is 270 g/mol. The van der Waals surface area contributed by atoms with Gasteiger partial charge in [-0.05, 0) is 41.8 Å². The molecular formula is C20H16N+. The molecule has 21 heavy (non-hydrogen) atoms. The van der Waals surface area contributed by atoms with Gasteiger partial charge in [0.15, 0.2) is 6.20 Å². The van der Waals surface area contributed by atoms with E-state index in [1.807, 2.05) is 6.20 Å². The normalized spacial score (nSPS) is 14.0. The van der Waals surface area contributed by atoms with Crippen molar-refractivity contribution in [1.82, 2.24) is 0 Å². The predicted molar refractivity (Wildman–Crippen MR) is 86.6 cm³/mol. The molecule has 1 aliphatic rings. The van der Waals surface area contributed by atoms with Gasteiger partial charge in [0.05, 0.1) is 11.1 Å². The quantitative estimate of drug-likeness (QED) is 0.487. The fourth-order valence-electron chi connectivity index (χ4n) is 3.00. The molecule has 1 aromatic heterocycles. The van der Waals surface area contributed by atoms with Crippen LogP contribution in [0, 0.1) is 6.92 Å². The molecule has 0 spiro atoms. The highest BCUT2D eigenvalue weighted by molar-refractivity contribution is 6.04. The lowest BCUT2D eigenvalue weighted by Gasteiger charge is -2.03. The van der Waals surface area contributed by atoms with Crippen molar-refractivity contribution < 1.29 is 4.98 Å². The molecule has 0 radical (unpaired) electrons. The standard InChI is InChI=1S/C20H15N/c1-14-9-10-17-18(12-14)19(13-15-6-3-2-4-7-15)16-8-5-11-21-20(16)17/h2-13H,1H3/p+1. The third kappa shape index (κ3) is 1.98. The summed E-state index contributed by atoms with van der Waals surface area (Å²) in [6.07, 6.45) is 4.27. The fraction of sp³-hybridized carbons (Fsp3) is 0.0500. The second kappa shape index (κ2) is 4.71. The molecule has 100 valence electrons. The third-order valence-corrected chi connectivity index (χ3v) is 3.99. The Morgan fingerprint density at radius 1 is 0.810 bits per heavy atom. The number of aromatic nitrogens is 1. The summed E-state index contributed by atoms with van der Waals surface area (Å²) >= 11 is 0. The maximum Gasteiger partial charge on any atom is 0.219 e. The van der Waals surface area contributed by atoms with Crippen LogP contribution in [0.4, 0.5) is 0 Å². The zero-order valence-electron chi connectivity index (χ0n) is 11.9. The number of aromatic amines is 1. The molecule has 0 saturated carbocycles. The van der Waals surface area contributed by atoms with E-state index in [0.29, 0.717) is 0 Å². The van der Waals surface area contributed by atoms with E-state index < -0.39 is 0 Å². The first-order chi connectivity index (χ1) is 10.3. The van der Waals surface area contributed by atoms with E-state index in [4.69, 9.17) is 0 Å². The monoisotopic (exact) mass is 270 g/mol. The second-order valence-corrected chi connectivity index (χ2v) is 5.48. The summed E-state index contributed by atoms with van der Waals surface area (Å²) in [6.45, 7) is 2.15. The van der Waals surface area contributed by atoms with E-state index >= 15 is 0 Å². The van der Waals surface area contributed by atoms with Crippen LogP contribution in [0.15, 0.2) is 66.9 Å². The van der Waals surface area contributed by atoms with Crippen LogP contribution in [0.25, 0.3) is 22.9 Å². The number of nitrogens with one attached hydrogen (secondary N) is 1. The molecule has 0 amide bonds. The molecule has 0 fully saturated rings. The Morgan fingerprint density at radius 3 is 2.52 bits per heavy atom. The summed E-state index contributed by atoms with van der Waals surface area (Å²) in [5.74, 6) is 0. The molecule has 0 atom stereocenters. The Balaban J connectivity index is 1.99. The number of pyridine rings is 1. The lowest BCUT2D eigenvalue weighted by molar-refractivity contribution is -0.364. The van der Waals surface area contributed by atoms with Crippen molar-refractivity contribution in [3.8, 4) is 11.3 Å². The Kier molecular flexibility index (Phi) is 2.71. The van der Waals surface area contributed by atoms with Crippen LogP contribution < -0.4 is 4.98 Å². The van der Waals surface area contributed by atoms with Crippen LogP contribution in [-0.4, -0.2) is 0 Å². The fourth-order valence-corrected chi connectivity index (χ4v) is 3.00. The minimum Gasteiger partial charge on any atom is -0.211 e. The number of hydrogen-bond acceptors (Lipinski definition) is 0. The number of H-pyrrole nitrogens is 1. The van der Waals surface area contributed by atoms with Gasteiger partial charge in [-0.1, -0.05) is 48.0 Å². The molecule has 0 saturated heterocycles. The number of rotatable bonds is 1. The van der Waals surface area contributed by atoms with Crippen LogP contribution in [0.3, 0.4) is 0 Å². The first-order valence-corrected chi connectivity index (χ1v) is 7.22. The van der Waals surface area contributed by atoms with Crippen LogP contribution in [0.1, 0.15) is 22.3 Å². The van der Waals surface area contributed by atoms with Crippen molar-refractivity contribution >= 4 is 11.6 Å². The van der Waals surface area contributed by atoms with Crippen molar-refractivity contribution in [1.29, 1.82) is 0 Å². The van der Waals surface area contributed by atoms with Gasteiger partial charge in [0.2, 0.25) is 5.69 Å². The molecule has 1 nitrogen and oxygen atoms in total. The van der Waals surface area contributed by atoms with Crippen LogP contribution in [0.5, 0.6) is 0 Å². The topological polar surface area (TPSA) is 14.1 Å². The largest absolute Gasteiger partial charge is 0.219 e. The van der Waals surface area contributed by atoms with E-state index in [9.17, 15) is 0 Å². The van der Waals surface area contributed by atoms with Gasteiger partial charge in [-0.25, -0.2) is 4.98 Å². The van der Waals surface area contributed by atoms with Gasteiger partial charge < -0.3 is 0 Å². The molecule has 1 heteroatoms. The first kappa shape index (κ1) is 12.1. The van der Waals surface area contributed by atoms with E-state index in [1.165, 1.54) is 39.1 Å². The minimum absolute atomic E-state index is 1.22. The Bertz CT molecular complexity index is 845. The molecule has 0 bridgehead atoms. The maximum atomic E-state index is 3.40. The highest BCUT2D eigenvalue weighted by Crippen LogP contribution is 2.42. The number of aryl methyl sites for hydroxylation is 1. The zero-order chi connectivity index (χ0) is 14.2. The molecule has 2 aromatic carbocycles. The van der Waals surface area contributed by atoms with E-state index in [-0.39, 0.29) is 0 Å². The summed E-state index contributed by atoms with van der Waals surface area (Å²) in [5.41, 5.74) is 8.93. The molecule has 3 aromatic rings. The van der Waals surface area contributed by atoms with Crippen LogP contribution >= 0.6 is 0 Å². The molecule has 0 unspecified atom stereocenters. The molecule has 1 aliphatic carbocycles. The molecule has 1 N–H and O–H groups in total. The molecule has 0 aliphatic heterocycles. The third-order valence-electron chi connectivity index (χ3n) is 3.99. The van der Waals surface area contributed by atoms with Gasteiger partial charge in [0, 0.05) is 6.07 Å². The highest BCUT2D eigenvalue weighted by atomic mass is 14.7. The number of hydrogen-bond donors (Lipinski definition) is 0. The minimum atomic E-state index is 1.22. The SMILES string of the molecule is Cc1ccc2c(c1)C(=Cc1ccccc1)c1ccc[nH+]c1-2. The zero-order valence-corrected chi connectivity index (χ0v) is 11.9. The lowest BCUT2D eigenvalue weighted by Crippen LogP contribution is -2.04. The predicted octanol–water partition coefficient (Wildman–Crippen LogP) is 4.38. The van der Waals surface area contributed by atoms with Gasteiger partial charge >= 0.3 is 0 Å². The smallest absolute Gasteiger partial charge is 0.211 e. The van der Waals surface area contributed by atoms with E-state index in [1.54, 1.807) is 0 Å².